The highest BCUT2D eigenvalue weighted by Crippen LogP contribution is 2.35. The van der Waals surface area contributed by atoms with E-state index >= 15 is 0 Å². The normalized spacial score (nSPS) is 19.2. The van der Waals surface area contributed by atoms with Crippen molar-refractivity contribution in [1.82, 2.24) is 15.3 Å². The highest BCUT2D eigenvalue weighted by molar-refractivity contribution is 6.42. The van der Waals surface area contributed by atoms with Crippen molar-refractivity contribution in [2.75, 3.05) is 18.4 Å². The molecule has 0 radical (unpaired) electrons. The average molecular weight is 438 g/mol. The van der Waals surface area contributed by atoms with Gasteiger partial charge in [0.15, 0.2) is 5.69 Å². The molecule has 2 N–H and O–H groups in total. The zero-order valence-electron chi connectivity index (χ0n) is 16.2. The summed E-state index contributed by atoms with van der Waals surface area (Å²) in [4.78, 5) is 8.52. The quantitative estimate of drug-likeness (QED) is 0.585. The SMILES string of the molecule is N#Cc1cnc(NC(Cc2ccccc2)C2CNCC2c2ccc(Cl)c(Cl)c2)cn1. The third-order valence-corrected chi connectivity index (χ3v) is 6.29. The number of nitriles is 1. The van der Waals surface area contributed by atoms with Crippen molar-refractivity contribution >= 4 is 29.0 Å². The van der Waals surface area contributed by atoms with E-state index in [0.29, 0.717) is 27.5 Å². The second-order valence-corrected chi connectivity index (χ2v) is 8.26. The van der Waals surface area contributed by atoms with Crippen LogP contribution in [0.5, 0.6) is 0 Å². The third-order valence-electron chi connectivity index (χ3n) is 5.55. The van der Waals surface area contributed by atoms with Gasteiger partial charge >= 0.3 is 0 Å². The van der Waals surface area contributed by atoms with Crippen LogP contribution in [-0.2, 0) is 6.42 Å². The van der Waals surface area contributed by atoms with Crippen LogP contribution in [0.4, 0.5) is 5.82 Å². The lowest BCUT2D eigenvalue weighted by atomic mass is 9.81. The first-order chi connectivity index (χ1) is 14.6. The number of aromatic nitrogens is 2. The fourth-order valence-corrected chi connectivity index (χ4v) is 4.36. The second kappa shape index (κ2) is 9.44. The van der Waals surface area contributed by atoms with Gasteiger partial charge in [-0.05, 0) is 35.6 Å². The minimum absolute atomic E-state index is 0.115. The largest absolute Gasteiger partial charge is 0.365 e. The molecule has 2 heterocycles. The average Bonchev–Trinajstić information content (AvgIpc) is 3.26. The topological polar surface area (TPSA) is 73.6 Å². The lowest BCUT2D eigenvalue weighted by molar-refractivity contribution is 0.434. The molecule has 3 atom stereocenters. The van der Waals surface area contributed by atoms with Crippen LogP contribution in [0, 0.1) is 17.2 Å². The van der Waals surface area contributed by atoms with E-state index < -0.39 is 0 Å². The first-order valence-electron chi connectivity index (χ1n) is 9.82. The van der Waals surface area contributed by atoms with Gasteiger partial charge in [-0.25, -0.2) is 9.97 Å². The van der Waals surface area contributed by atoms with E-state index in [9.17, 15) is 0 Å². The van der Waals surface area contributed by atoms with E-state index in [2.05, 4.69) is 50.9 Å². The Morgan fingerprint density at radius 2 is 1.90 bits per heavy atom. The van der Waals surface area contributed by atoms with Crippen LogP contribution in [0.3, 0.4) is 0 Å². The van der Waals surface area contributed by atoms with E-state index in [1.165, 1.54) is 17.3 Å². The molecule has 5 nitrogen and oxygen atoms in total. The third kappa shape index (κ3) is 4.73. The summed E-state index contributed by atoms with van der Waals surface area (Å²) in [6.07, 6.45) is 3.95. The number of hydrogen-bond acceptors (Lipinski definition) is 5. The Hall–Kier alpha value is -2.65. The number of anilines is 1. The van der Waals surface area contributed by atoms with E-state index in [-0.39, 0.29) is 12.0 Å². The molecule has 1 fully saturated rings. The van der Waals surface area contributed by atoms with Crippen molar-refractivity contribution in [3.63, 3.8) is 0 Å². The zero-order chi connectivity index (χ0) is 20.9. The molecule has 0 amide bonds. The number of benzene rings is 2. The number of hydrogen-bond donors (Lipinski definition) is 2. The summed E-state index contributed by atoms with van der Waals surface area (Å²) < 4.78 is 0. The summed E-state index contributed by atoms with van der Waals surface area (Å²) in [6, 6.07) is 18.4. The Kier molecular flexibility index (Phi) is 6.49. The molecule has 3 aromatic rings. The molecule has 2 aromatic carbocycles. The molecule has 3 unspecified atom stereocenters. The van der Waals surface area contributed by atoms with Gasteiger partial charge in [0.25, 0.3) is 0 Å². The maximum atomic E-state index is 8.98. The van der Waals surface area contributed by atoms with Gasteiger partial charge in [0, 0.05) is 25.0 Å². The van der Waals surface area contributed by atoms with Crippen molar-refractivity contribution in [1.29, 1.82) is 5.26 Å². The standard InChI is InChI=1S/C23H21Cl2N5/c24-20-7-6-16(9-21(20)25)18-12-27-13-19(18)22(8-15-4-2-1-3-5-15)30-23-14-28-17(10-26)11-29-23/h1-7,9,11,14,18-19,22,27H,8,12-13H2,(H,29,30). The Labute approximate surface area is 186 Å². The lowest BCUT2D eigenvalue weighted by Gasteiger charge is -2.30. The van der Waals surface area contributed by atoms with Crippen LogP contribution in [0.15, 0.2) is 60.9 Å². The van der Waals surface area contributed by atoms with Crippen molar-refractivity contribution < 1.29 is 0 Å². The molecule has 0 aliphatic carbocycles. The van der Waals surface area contributed by atoms with Gasteiger partial charge in [-0.1, -0.05) is 59.6 Å². The van der Waals surface area contributed by atoms with Crippen LogP contribution in [0.2, 0.25) is 10.0 Å². The number of halogens is 2. The maximum absolute atomic E-state index is 8.98. The molecular weight excluding hydrogens is 417 g/mol. The molecule has 30 heavy (non-hydrogen) atoms. The van der Waals surface area contributed by atoms with Crippen molar-refractivity contribution in [3.8, 4) is 6.07 Å². The van der Waals surface area contributed by atoms with Gasteiger partial charge in [-0.2, -0.15) is 5.26 Å². The predicted octanol–water partition coefficient (Wildman–Crippen LogP) is 4.68. The maximum Gasteiger partial charge on any atom is 0.158 e. The predicted molar refractivity (Wildman–Crippen MR) is 120 cm³/mol. The Morgan fingerprint density at radius 1 is 1.07 bits per heavy atom. The van der Waals surface area contributed by atoms with E-state index in [4.69, 9.17) is 28.5 Å². The summed E-state index contributed by atoms with van der Waals surface area (Å²) >= 11 is 12.4. The van der Waals surface area contributed by atoms with Crippen molar-refractivity contribution in [2.45, 2.75) is 18.4 Å². The Balaban J connectivity index is 1.62. The summed E-state index contributed by atoms with van der Waals surface area (Å²) in [5, 5.41) is 17.2. The number of rotatable bonds is 6. The summed E-state index contributed by atoms with van der Waals surface area (Å²) in [7, 11) is 0. The minimum atomic E-state index is 0.115. The minimum Gasteiger partial charge on any atom is -0.365 e. The molecule has 0 saturated carbocycles. The molecule has 0 bridgehead atoms. The summed E-state index contributed by atoms with van der Waals surface area (Å²) in [5.41, 5.74) is 2.72. The van der Waals surface area contributed by atoms with Crippen molar-refractivity contribution in [3.05, 3.63) is 87.8 Å². The van der Waals surface area contributed by atoms with E-state index in [1.54, 1.807) is 6.20 Å². The lowest BCUT2D eigenvalue weighted by Crippen LogP contribution is -2.35. The van der Waals surface area contributed by atoms with Gasteiger partial charge in [-0.3, -0.25) is 0 Å². The fourth-order valence-electron chi connectivity index (χ4n) is 4.06. The van der Waals surface area contributed by atoms with Crippen LogP contribution in [0.25, 0.3) is 0 Å². The number of nitrogens with one attached hydrogen (secondary N) is 2. The van der Waals surface area contributed by atoms with Gasteiger partial charge in [0.2, 0.25) is 0 Å². The van der Waals surface area contributed by atoms with Gasteiger partial charge in [-0.15, -0.1) is 0 Å². The summed E-state index contributed by atoms with van der Waals surface area (Å²) in [6.45, 7) is 1.74. The molecular formula is C23H21Cl2N5. The number of nitrogens with zero attached hydrogens (tertiary/aromatic N) is 3. The van der Waals surface area contributed by atoms with Crippen LogP contribution in [0.1, 0.15) is 22.7 Å². The molecule has 7 heteroatoms. The monoisotopic (exact) mass is 437 g/mol. The fraction of sp³-hybridized carbons (Fsp3) is 0.261. The Bertz CT molecular complexity index is 1030. The molecule has 0 spiro atoms. The first kappa shape index (κ1) is 20.6. The highest BCUT2D eigenvalue weighted by atomic mass is 35.5. The molecule has 1 aliphatic rings. The van der Waals surface area contributed by atoms with Crippen molar-refractivity contribution in [2.24, 2.45) is 5.92 Å². The van der Waals surface area contributed by atoms with Gasteiger partial charge in [0.05, 0.1) is 22.4 Å². The van der Waals surface area contributed by atoms with Crippen LogP contribution < -0.4 is 10.6 Å². The molecule has 1 aliphatic heterocycles. The van der Waals surface area contributed by atoms with E-state index in [0.717, 1.165) is 19.5 Å². The summed E-state index contributed by atoms with van der Waals surface area (Å²) in [5.74, 6) is 1.25. The Morgan fingerprint density at radius 3 is 2.60 bits per heavy atom. The highest BCUT2D eigenvalue weighted by Gasteiger charge is 2.35. The van der Waals surface area contributed by atoms with Gasteiger partial charge < -0.3 is 10.6 Å². The van der Waals surface area contributed by atoms with Crippen LogP contribution in [-0.4, -0.2) is 29.1 Å². The zero-order valence-corrected chi connectivity index (χ0v) is 17.7. The molecule has 1 saturated heterocycles. The molecule has 1 aromatic heterocycles. The molecule has 4 rings (SSSR count). The van der Waals surface area contributed by atoms with Gasteiger partial charge in [0.1, 0.15) is 11.9 Å². The van der Waals surface area contributed by atoms with E-state index in [1.807, 2.05) is 24.3 Å². The van der Waals surface area contributed by atoms with Crippen LogP contribution >= 0.6 is 23.2 Å². The molecule has 152 valence electrons. The smallest absolute Gasteiger partial charge is 0.158 e. The first-order valence-corrected chi connectivity index (χ1v) is 10.6. The second-order valence-electron chi connectivity index (χ2n) is 7.44.